The van der Waals surface area contributed by atoms with Crippen LogP contribution in [-0.2, 0) is 0 Å². The van der Waals surface area contributed by atoms with E-state index in [1.807, 2.05) is 44.2 Å². The van der Waals surface area contributed by atoms with Crippen molar-refractivity contribution in [2.75, 3.05) is 7.05 Å². The first-order valence-corrected chi connectivity index (χ1v) is 9.31. The Bertz CT molecular complexity index is 1190. The van der Waals surface area contributed by atoms with Gasteiger partial charge in [0.05, 0.1) is 16.8 Å². The third kappa shape index (κ3) is 3.18. The molecule has 0 aliphatic carbocycles. The Balaban J connectivity index is 0.00000109. The molecular formula is C20H21N5O2S. The van der Waals surface area contributed by atoms with Gasteiger partial charge < -0.3 is 10.4 Å². The van der Waals surface area contributed by atoms with Gasteiger partial charge in [0.1, 0.15) is 5.75 Å². The van der Waals surface area contributed by atoms with Crippen LogP contribution in [0.1, 0.15) is 13.8 Å². The first kappa shape index (κ1) is 19.4. The van der Waals surface area contributed by atoms with Gasteiger partial charge in [-0.25, -0.2) is 4.79 Å². The van der Waals surface area contributed by atoms with Crippen LogP contribution in [0.15, 0.2) is 54.7 Å². The summed E-state index contributed by atoms with van der Waals surface area (Å²) in [4.78, 5) is 12.1. The number of aromatic hydroxyl groups is 1. The molecule has 0 aliphatic heterocycles. The van der Waals surface area contributed by atoms with E-state index >= 15 is 0 Å². The topological polar surface area (TPSA) is 87.9 Å². The molecule has 144 valence electrons. The number of carbonyl (C=O) groups is 1. The SMILES string of the molecule is CC.CNC(=O)n1ccc2c(-n3c(-c4ccccc4O)n[nH]c3=S)cccc21. The molecule has 2 aromatic carbocycles. The molecule has 0 saturated heterocycles. The normalized spacial score (nSPS) is 10.4. The summed E-state index contributed by atoms with van der Waals surface area (Å²) in [5.41, 5.74) is 2.07. The molecule has 0 aliphatic rings. The van der Waals surface area contributed by atoms with Crippen molar-refractivity contribution in [1.29, 1.82) is 0 Å². The second kappa shape index (κ2) is 8.10. The summed E-state index contributed by atoms with van der Waals surface area (Å²) in [5.74, 6) is 0.603. The lowest BCUT2D eigenvalue weighted by Crippen LogP contribution is -2.23. The summed E-state index contributed by atoms with van der Waals surface area (Å²) in [7, 11) is 1.58. The Morgan fingerprint density at radius 3 is 2.61 bits per heavy atom. The number of phenolic OH excluding ortho intramolecular Hbond substituents is 1. The summed E-state index contributed by atoms with van der Waals surface area (Å²) in [6.07, 6.45) is 1.70. The molecule has 2 aromatic heterocycles. The number of amides is 1. The van der Waals surface area contributed by atoms with Gasteiger partial charge in [-0.1, -0.05) is 32.0 Å². The van der Waals surface area contributed by atoms with Crippen LogP contribution in [0.5, 0.6) is 5.75 Å². The van der Waals surface area contributed by atoms with Crippen LogP contribution in [0.2, 0.25) is 0 Å². The lowest BCUT2D eigenvalue weighted by molar-refractivity contribution is 0.245. The number of hydrogen-bond donors (Lipinski definition) is 3. The van der Waals surface area contributed by atoms with Gasteiger partial charge in [-0.05, 0) is 42.5 Å². The highest BCUT2D eigenvalue weighted by Gasteiger charge is 2.17. The van der Waals surface area contributed by atoms with Crippen molar-refractivity contribution in [2.24, 2.45) is 0 Å². The number of nitrogens with zero attached hydrogens (tertiary/aromatic N) is 3. The quantitative estimate of drug-likeness (QED) is 0.437. The summed E-state index contributed by atoms with van der Waals surface area (Å²) < 4.78 is 3.67. The van der Waals surface area contributed by atoms with Gasteiger partial charge in [0.25, 0.3) is 0 Å². The van der Waals surface area contributed by atoms with E-state index in [4.69, 9.17) is 12.2 Å². The molecule has 2 heterocycles. The number of para-hydroxylation sites is 1. The van der Waals surface area contributed by atoms with Crippen molar-refractivity contribution in [1.82, 2.24) is 24.6 Å². The standard InChI is InChI=1S/C18H15N5O2S.C2H6/c1-19-17(25)22-10-9-11-13(22)6-4-7-14(11)23-16(20-21-18(23)26)12-5-2-3-8-15(12)24;1-2/h2-10,24H,1H3,(H,19,25)(H,21,26);1-2H3. The highest BCUT2D eigenvalue weighted by molar-refractivity contribution is 7.71. The fraction of sp³-hybridized carbons (Fsp3) is 0.150. The summed E-state index contributed by atoms with van der Waals surface area (Å²) >= 11 is 5.42. The smallest absolute Gasteiger partial charge is 0.325 e. The third-order valence-electron chi connectivity index (χ3n) is 4.20. The molecule has 7 nitrogen and oxygen atoms in total. The fourth-order valence-corrected chi connectivity index (χ4v) is 3.24. The Hall–Kier alpha value is -3.39. The number of phenols is 1. The van der Waals surface area contributed by atoms with Crippen LogP contribution in [0, 0.1) is 4.77 Å². The molecule has 28 heavy (non-hydrogen) atoms. The molecule has 4 aromatic rings. The predicted molar refractivity (Wildman–Crippen MR) is 113 cm³/mol. The zero-order valence-electron chi connectivity index (χ0n) is 15.8. The lowest BCUT2D eigenvalue weighted by Gasteiger charge is -2.10. The van der Waals surface area contributed by atoms with Gasteiger partial charge in [0.2, 0.25) is 0 Å². The minimum absolute atomic E-state index is 0.109. The predicted octanol–water partition coefficient (Wildman–Crippen LogP) is 4.47. The van der Waals surface area contributed by atoms with Crippen molar-refractivity contribution >= 4 is 29.2 Å². The summed E-state index contributed by atoms with van der Waals surface area (Å²) in [6, 6.07) is 14.2. The Kier molecular flexibility index (Phi) is 5.60. The minimum atomic E-state index is -0.228. The number of hydrogen-bond acceptors (Lipinski definition) is 4. The number of aromatic nitrogens is 4. The lowest BCUT2D eigenvalue weighted by atomic mass is 10.1. The molecular weight excluding hydrogens is 374 g/mol. The van der Waals surface area contributed by atoms with Crippen molar-refractivity contribution in [3.63, 3.8) is 0 Å². The van der Waals surface area contributed by atoms with E-state index in [0.29, 0.717) is 16.2 Å². The number of H-pyrrole nitrogens is 1. The van der Waals surface area contributed by atoms with E-state index < -0.39 is 0 Å². The fourth-order valence-electron chi connectivity index (χ4n) is 3.01. The molecule has 0 atom stereocenters. The monoisotopic (exact) mass is 395 g/mol. The molecule has 0 spiro atoms. The van der Waals surface area contributed by atoms with Gasteiger partial charge in [0.15, 0.2) is 10.6 Å². The molecule has 1 amide bonds. The van der Waals surface area contributed by atoms with Gasteiger partial charge >= 0.3 is 6.03 Å². The molecule has 8 heteroatoms. The van der Waals surface area contributed by atoms with Crippen LogP contribution in [0.3, 0.4) is 0 Å². The van der Waals surface area contributed by atoms with Crippen LogP contribution >= 0.6 is 12.2 Å². The second-order valence-electron chi connectivity index (χ2n) is 5.66. The van der Waals surface area contributed by atoms with Crippen molar-refractivity contribution in [2.45, 2.75) is 13.8 Å². The molecule has 0 fully saturated rings. The average molecular weight is 395 g/mol. The van der Waals surface area contributed by atoms with Gasteiger partial charge in [0, 0.05) is 18.6 Å². The van der Waals surface area contributed by atoms with Crippen molar-refractivity contribution in [3.8, 4) is 22.8 Å². The van der Waals surface area contributed by atoms with E-state index in [1.165, 1.54) is 4.57 Å². The molecule has 0 unspecified atom stereocenters. The van der Waals surface area contributed by atoms with Crippen LogP contribution in [0.4, 0.5) is 4.79 Å². The van der Waals surface area contributed by atoms with E-state index in [2.05, 4.69) is 15.5 Å². The zero-order valence-corrected chi connectivity index (χ0v) is 16.6. The maximum absolute atomic E-state index is 12.1. The van der Waals surface area contributed by atoms with E-state index in [0.717, 1.165) is 16.6 Å². The molecule has 3 N–H and O–H groups in total. The van der Waals surface area contributed by atoms with E-state index in [9.17, 15) is 9.90 Å². The van der Waals surface area contributed by atoms with Crippen LogP contribution < -0.4 is 5.32 Å². The Labute approximate surface area is 167 Å². The second-order valence-corrected chi connectivity index (χ2v) is 6.04. The summed E-state index contributed by atoms with van der Waals surface area (Å²) in [6.45, 7) is 4.00. The zero-order chi connectivity index (χ0) is 20.3. The highest BCUT2D eigenvalue weighted by atomic mass is 32.1. The number of carbonyl (C=O) groups excluding carboxylic acids is 1. The van der Waals surface area contributed by atoms with Crippen LogP contribution in [-0.4, -0.2) is 37.5 Å². The molecule has 0 radical (unpaired) electrons. The Morgan fingerprint density at radius 1 is 1.14 bits per heavy atom. The maximum atomic E-state index is 12.1. The van der Waals surface area contributed by atoms with Crippen molar-refractivity contribution in [3.05, 3.63) is 59.5 Å². The number of fused-ring (bicyclic) bond motifs is 1. The summed E-state index contributed by atoms with van der Waals surface area (Å²) in [5, 5.41) is 20.7. The van der Waals surface area contributed by atoms with Crippen molar-refractivity contribution < 1.29 is 9.90 Å². The van der Waals surface area contributed by atoms with Gasteiger partial charge in [-0.2, -0.15) is 5.10 Å². The first-order valence-electron chi connectivity index (χ1n) is 8.90. The largest absolute Gasteiger partial charge is 0.507 e. The molecule has 0 saturated carbocycles. The third-order valence-corrected chi connectivity index (χ3v) is 4.47. The number of aromatic amines is 1. The number of nitrogens with one attached hydrogen (secondary N) is 2. The van der Waals surface area contributed by atoms with Gasteiger partial charge in [-0.3, -0.25) is 14.2 Å². The maximum Gasteiger partial charge on any atom is 0.325 e. The number of benzene rings is 2. The van der Waals surface area contributed by atoms with Crippen LogP contribution in [0.25, 0.3) is 28.0 Å². The molecule has 0 bridgehead atoms. The average Bonchev–Trinajstić information content (AvgIpc) is 3.33. The molecule has 4 rings (SSSR count). The first-order chi connectivity index (χ1) is 13.6. The van der Waals surface area contributed by atoms with Gasteiger partial charge in [-0.15, -0.1) is 0 Å². The number of rotatable bonds is 2. The minimum Gasteiger partial charge on any atom is -0.507 e. The highest BCUT2D eigenvalue weighted by Crippen LogP contribution is 2.31. The Morgan fingerprint density at radius 2 is 1.89 bits per heavy atom. The van der Waals surface area contributed by atoms with E-state index in [-0.39, 0.29) is 11.8 Å². The van der Waals surface area contributed by atoms with E-state index in [1.54, 1.807) is 36.0 Å².